The van der Waals surface area contributed by atoms with Crippen molar-refractivity contribution in [1.82, 2.24) is 0 Å². The van der Waals surface area contributed by atoms with E-state index in [-0.39, 0.29) is 122 Å². The zero-order valence-corrected chi connectivity index (χ0v) is 22.5. The first-order valence-corrected chi connectivity index (χ1v) is 3.00. The standard InChI is InChI=1S/2C4H9.2CH3.2W.2Y/c2*1-4(2)3;;;;;;/h2*1-3H3;2*1H3;;;;/q4*-1;;;;. The zero-order chi connectivity index (χ0) is 7.15. The predicted molar refractivity (Wildman–Crippen MR) is 53.4 cm³/mol. The summed E-state index contributed by atoms with van der Waals surface area (Å²) in [5, 5.41) is 0. The van der Waals surface area contributed by atoms with Gasteiger partial charge in [0.25, 0.3) is 0 Å². The molecule has 0 aromatic carbocycles. The van der Waals surface area contributed by atoms with Crippen LogP contribution in [0.4, 0.5) is 0 Å². The molecule has 0 aromatic heterocycles. The van der Waals surface area contributed by atoms with Crippen molar-refractivity contribution in [2.75, 3.05) is 0 Å². The molecule has 2 radical (unpaired) electrons. The van der Waals surface area contributed by atoms with Gasteiger partial charge in [-0.3, -0.25) is 0 Å². The van der Waals surface area contributed by atoms with Crippen molar-refractivity contribution in [2.45, 2.75) is 41.5 Å². The molecule has 0 spiro atoms. The van der Waals surface area contributed by atoms with Gasteiger partial charge in [0.05, 0.1) is 0 Å². The molecular weight excluding hydrogens is 666 g/mol. The van der Waals surface area contributed by atoms with Gasteiger partial charge in [0.15, 0.2) is 0 Å². The van der Waals surface area contributed by atoms with Crippen molar-refractivity contribution < 1.29 is 108 Å². The van der Waals surface area contributed by atoms with E-state index < -0.39 is 0 Å². The molecule has 0 N–H and O–H groups in total. The van der Waals surface area contributed by atoms with Crippen molar-refractivity contribution in [3.05, 3.63) is 26.7 Å². The van der Waals surface area contributed by atoms with E-state index in [2.05, 4.69) is 41.5 Å². The molecule has 0 rings (SSSR count). The van der Waals surface area contributed by atoms with Crippen LogP contribution < -0.4 is 0 Å². The van der Waals surface area contributed by atoms with Crippen LogP contribution in [0, 0.1) is 26.7 Å². The van der Waals surface area contributed by atoms with Crippen LogP contribution in [0.15, 0.2) is 0 Å². The van der Waals surface area contributed by atoms with Crippen molar-refractivity contribution in [2.24, 2.45) is 0 Å². The summed E-state index contributed by atoms with van der Waals surface area (Å²) >= 11 is 0. The minimum Gasteiger partial charge on any atom is -0.358 e. The van der Waals surface area contributed by atoms with Gasteiger partial charge in [0, 0.05) is 108 Å². The van der Waals surface area contributed by atoms with Crippen LogP contribution >= 0.6 is 0 Å². The molecule has 0 aliphatic carbocycles. The third-order valence-electron chi connectivity index (χ3n) is 0. The number of rotatable bonds is 0. The maximum Gasteiger partial charge on any atom is 0 e. The second-order valence-electron chi connectivity index (χ2n) is 3.00. The summed E-state index contributed by atoms with van der Waals surface area (Å²) in [7, 11) is 0. The maximum absolute atomic E-state index is 2.08. The monoisotopic (exact) mass is 690 g/mol. The van der Waals surface area contributed by atoms with Crippen LogP contribution in [-0.4, -0.2) is 0 Å². The minimum absolute atomic E-state index is 0. The zero-order valence-electron chi connectivity index (χ0n) is 11.0. The molecule has 0 heterocycles. The molecule has 86 valence electrons. The van der Waals surface area contributed by atoms with E-state index in [0.29, 0.717) is 0 Å². The summed E-state index contributed by atoms with van der Waals surface area (Å²) in [5.41, 5.74) is 0. The first kappa shape index (κ1) is 52.6. The number of hydrogen-bond acceptors (Lipinski definition) is 0. The largest absolute Gasteiger partial charge is 0.358 e. The minimum atomic E-state index is 0. The van der Waals surface area contributed by atoms with Crippen molar-refractivity contribution in [3.63, 3.8) is 0 Å². The Labute approximate surface area is 173 Å². The Morgan fingerprint density at radius 2 is 0.500 bits per heavy atom. The van der Waals surface area contributed by atoms with Crippen molar-refractivity contribution >= 4 is 0 Å². The van der Waals surface area contributed by atoms with E-state index in [1.807, 2.05) is 0 Å². The Kier molecular flexibility index (Phi) is 165. The van der Waals surface area contributed by atoms with Gasteiger partial charge in [0.1, 0.15) is 0 Å². The molecule has 4 heteroatoms. The van der Waals surface area contributed by atoms with E-state index >= 15 is 0 Å². The van der Waals surface area contributed by atoms with Gasteiger partial charge in [-0.15, -0.1) is 0 Å². The van der Waals surface area contributed by atoms with Crippen LogP contribution in [0.25, 0.3) is 0 Å². The van der Waals surface area contributed by atoms with Gasteiger partial charge < -0.3 is 26.7 Å². The van der Waals surface area contributed by atoms with Crippen LogP contribution in [0.1, 0.15) is 41.5 Å². The molecular formula is C10H24W2Y2-4. The molecule has 0 saturated heterocycles. The Morgan fingerprint density at radius 1 is 0.500 bits per heavy atom. The molecule has 0 amide bonds. The van der Waals surface area contributed by atoms with Crippen LogP contribution in [0.3, 0.4) is 0 Å². The smallest absolute Gasteiger partial charge is 0 e. The summed E-state index contributed by atoms with van der Waals surface area (Å²) in [6.07, 6.45) is 0. The molecule has 0 aliphatic rings. The fraction of sp³-hybridized carbons (Fsp3) is 0.600. The summed E-state index contributed by atoms with van der Waals surface area (Å²) < 4.78 is 0. The Hall–Kier alpha value is 3.58. The molecule has 14 heavy (non-hydrogen) atoms. The van der Waals surface area contributed by atoms with Gasteiger partial charge >= 0.3 is 0 Å². The number of hydrogen-bond donors (Lipinski definition) is 0. The van der Waals surface area contributed by atoms with Crippen LogP contribution in [-0.2, 0) is 108 Å². The van der Waals surface area contributed by atoms with Crippen molar-refractivity contribution in [1.29, 1.82) is 0 Å². The third-order valence-corrected chi connectivity index (χ3v) is 0. The Morgan fingerprint density at radius 3 is 0.500 bits per heavy atom. The van der Waals surface area contributed by atoms with Gasteiger partial charge in [0.2, 0.25) is 0 Å². The molecule has 0 atom stereocenters. The summed E-state index contributed by atoms with van der Waals surface area (Å²) in [6, 6.07) is 0. The van der Waals surface area contributed by atoms with E-state index in [9.17, 15) is 0 Å². The predicted octanol–water partition coefficient (Wildman–Crippen LogP) is 4.13. The topological polar surface area (TPSA) is 0 Å². The normalized spacial score (nSPS) is 5.14. The SMILES string of the molecule is C[C-](C)C.C[C-](C)C.[CH3-].[CH3-].[W].[W].[Y].[Y]. The van der Waals surface area contributed by atoms with E-state index in [0.717, 1.165) is 0 Å². The first-order valence-electron chi connectivity index (χ1n) is 3.00. The van der Waals surface area contributed by atoms with Gasteiger partial charge in [-0.05, 0) is 0 Å². The van der Waals surface area contributed by atoms with Gasteiger partial charge in [-0.25, -0.2) is 0 Å². The second-order valence-corrected chi connectivity index (χ2v) is 3.00. The molecule has 0 aromatic rings. The van der Waals surface area contributed by atoms with Crippen LogP contribution in [0.2, 0.25) is 0 Å². The van der Waals surface area contributed by atoms with Crippen molar-refractivity contribution in [3.8, 4) is 0 Å². The average molecular weight is 690 g/mol. The maximum atomic E-state index is 2.08. The second kappa shape index (κ2) is 43.8. The molecule has 0 unspecified atom stereocenters. The fourth-order valence-electron chi connectivity index (χ4n) is 0. The quantitative estimate of drug-likeness (QED) is 0.336. The van der Waals surface area contributed by atoms with E-state index in [4.69, 9.17) is 0 Å². The van der Waals surface area contributed by atoms with Gasteiger partial charge in [-0.2, -0.15) is 41.5 Å². The summed E-state index contributed by atoms with van der Waals surface area (Å²) in [5.74, 6) is 2.83. The third kappa shape index (κ3) is 258. The molecule has 0 nitrogen and oxygen atoms in total. The van der Waals surface area contributed by atoms with E-state index in [1.54, 1.807) is 0 Å². The Bertz CT molecular complexity index is 31.6. The molecule has 0 saturated carbocycles. The average Bonchev–Trinajstić information content (AvgIpc) is 1.25. The molecule has 0 fully saturated rings. The van der Waals surface area contributed by atoms with E-state index in [1.165, 1.54) is 11.8 Å². The summed E-state index contributed by atoms with van der Waals surface area (Å²) in [4.78, 5) is 0. The van der Waals surface area contributed by atoms with Gasteiger partial charge in [-0.1, -0.05) is 0 Å². The molecule has 0 aliphatic heterocycles. The molecule has 0 bridgehead atoms. The summed E-state index contributed by atoms with van der Waals surface area (Å²) in [6.45, 7) is 12.5. The Balaban J connectivity index is -0.00000000600. The fourth-order valence-corrected chi connectivity index (χ4v) is 0. The first-order chi connectivity index (χ1) is 3.46. The van der Waals surface area contributed by atoms with Crippen LogP contribution in [0.5, 0.6) is 0 Å².